The van der Waals surface area contributed by atoms with Gasteiger partial charge < -0.3 is 10.4 Å². The lowest BCUT2D eigenvalue weighted by Gasteiger charge is -2.38. The minimum absolute atomic E-state index is 0.102. The van der Waals surface area contributed by atoms with Crippen LogP contribution in [0.15, 0.2) is 50.4 Å². The molecule has 0 heterocycles. The fourth-order valence-corrected chi connectivity index (χ4v) is 6.63. The van der Waals surface area contributed by atoms with Gasteiger partial charge in [0.25, 0.3) is 0 Å². The van der Waals surface area contributed by atoms with Crippen molar-refractivity contribution in [3.63, 3.8) is 0 Å². The molecule has 0 spiro atoms. The molecule has 2 fully saturated rings. The van der Waals surface area contributed by atoms with E-state index in [0.717, 1.165) is 49.8 Å². The summed E-state index contributed by atoms with van der Waals surface area (Å²) in [5.41, 5.74) is 3.88. The van der Waals surface area contributed by atoms with Crippen molar-refractivity contribution < 1.29 is 14.1 Å². The fourth-order valence-electron chi connectivity index (χ4n) is 5.62. The molecule has 0 aliphatic heterocycles. The van der Waals surface area contributed by atoms with Crippen LogP contribution in [-0.2, 0) is 15.5 Å². The number of hydrogen-bond donors (Lipinski definition) is 3. The summed E-state index contributed by atoms with van der Waals surface area (Å²) < 4.78 is 17.1. The monoisotopic (exact) mass is 443 g/mol. The Kier molecular flexibility index (Phi) is 5.43. The highest BCUT2D eigenvalue weighted by atomic mass is 32.2. The molecule has 31 heavy (non-hydrogen) atoms. The standard InChI is InChI=1S/C24H33N3O3S/c1-15-13-18(10-11-20(15)23(2,3)29)31(25,30)27-22(28)26-21-19-9-5-7-16(19)14-17-8-6-12-24(17,21)4/h10-11,13-14,17,29H,5-9,12H2,1-4H3,(H3,25,26,27,28,30). The first-order valence-corrected chi connectivity index (χ1v) is 12.6. The Labute approximate surface area is 185 Å². The van der Waals surface area contributed by atoms with E-state index in [0.29, 0.717) is 11.5 Å². The summed E-state index contributed by atoms with van der Waals surface area (Å²) >= 11 is 0. The van der Waals surface area contributed by atoms with Gasteiger partial charge >= 0.3 is 6.03 Å². The van der Waals surface area contributed by atoms with Gasteiger partial charge in [0.15, 0.2) is 0 Å². The van der Waals surface area contributed by atoms with Crippen molar-refractivity contribution in [1.29, 1.82) is 0 Å². The van der Waals surface area contributed by atoms with Gasteiger partial charge in [-0.2, -0.15) is 0 Å². The third kappa shape index (κ3) is 3.99. The first kappa shape index (κ1) is 22.2. The molecular weight excluding hydrogens is 410 g/mol. The molecule has 3 aliphatic rings. The first-order valence-electron chi connectivity index (χ1n) is 11.1. The topological polar surface area (TPSA) is 105 Å². The predicted molar refractivity (Wildman–Crippen MR) is 122 cm³/mol. The smallest absolute Gasteiger partial charge is 0.354 e. The van der Waals surface area contributed by atoms with Gasteiger partial charge in [0.2, 0.25) is 0 Å². The number of allylic oxidation sites excluding steroid dienone is 4. The summed E-state index contributed by atoms with van der Waals surface area (Å²) in [6.45, 7) is 7.41. The number of carbonyl (C=O) groups is 1. The molecule has 1 aromatic carbocycles. The number of carbonyl (C=O) groups excluding carboxylic acids is 1. The molecule has 0 bridgehead atoms. The molecule has 2 amide bonds. The highest BCUT2D eigenvalue weighted by molar-refractivity contribution is 7.91. The highest BCUT2D eigenvalue weighted by Gasteiger charge is 2.46. The van der Waals surface area contributed by atoms with Crippen LogP contribution < -0.4 is 10.5 Å². The Hall–Kier alpha value is -1.96. The Bertz CT molecular complexity index is 1120. The number of hydrogen-bond acceptors (Lipinski definition) is 3. The average molecular weight is 444 g/mol. The molecule has 0 saturated heterocycles. The minimum atomic E-state index is -3.41. The molecule has 4 N–H and O–H groups in total. The summed E-state index contributed by atoms with van der Waals surface area (Å²) in [6.07, 6.45) is 8.82. The van der Waals surface area contributed by atoms with Gasteiger partial charge in [0.05, 0.1) is 10.5 Å². The number of nitrogens with one attached hydrogen (secondary N) is 1. The fraction of sp³-hybridized carbons (Fsp3) is 0.542. The Morgan fingerprint density at radius 1 is 1.32 bits per heavy atom. The highest BCUT2D eigenvalue weighted by Crippen LogP contribution is 2.55. The van der Waals surface area contributed by atoms with Crippen molar-refractivity contribution in [2.45, 2.75) is 76.7 Å². The SMILES string of the molecule is Cc1cc(S(N)(=O)=NC(=O)NC2=C3CCCC3=CC3CCCC23C)ccc1C(C)(C)O. The van der Waals surface area contributed by atoms with Crippen molar-refractivity contribution in [3.05, 3.63) is 52.2 Å². The number of urea groups is 1. The summed E-state index contributed by atoms with van der Waals surface area (Å²) in [6, 6.07) is 4.25. The number of fused-ring (bicyclic) bond motifs is 2. The predicted octanol–water partition coefficient (Wildman–Crippen LogP) is 4.82. The van der Waals surface area contributed by atoms with Gasteiger partial charge in [-0.3, -0.25) is 0 Å². The Morgan fingerprint density at radius 3 is 2.74 bits per heavy atom. The quantitative estimate of drug-likeness (QED) is 0.624. The zero-order valence-electron chi connectivity index (χ0n) is 18.8. The van der Waals surface area contributed by atoms with E-state index >= 15 is 0 Å². The second-order valence-electron chi connectivity index (χ2n) is 9.94. The van der Waals surface area contributed by atoms with Crippen LogP contribution in [0.4, 0.5) is 4.79 Å². The van der Waals surface area contributed by atoms with Gasteiger partial charge in [0.1, 0.15) is 9.92 Å². The molecular formula is C24H33N3O3S. The number of benzene rings is 1. The largest absolute Gasteiger partial charge is 0.386 e. The van der Waals surface area contributed by atoms with E-state index in [4.69, 9.17) is 5.14 Å². The van der Waals surface area contributed by atoms with Crippen LogP contribution in [-0.4, -0.2) is 15.3 Å². The van der Waals surface area contributed by atoms with Crippen LogP contribution >= 0.6 is 0 Å². The maximum Gasteiger partial charge on any atom is 0.354 e. The minimum Gasteiger partial charge on any atom is -0.386 e. The second kappa shape index (κ2) is 7.57. The molecule has 4 rings (SSSR count). The molecule has 3 atom stereocenters. The van der Waals surface area contributed by atoms with E-state index in [1.807, 2.05) is 6.92 Å². The Balaban J connectivity index is 1.65. The van der Waals surface area contributed by atoms with Gasteiger partial charge in [-0.15, -0.1) is 4.36 Å². The van der Waals surface area contributed by atoms with Crippen molar-refractivity contribution in [1.82, 2.24) is 5.32 Å². The van der Waals surface area contributed by atoms with Gasteiger partial charge in [-0.1, -0.05) is 25.5 Å². The van der Waals surface area contributed by atoms with Crippen molar-refractivity contribution in [2.75, 3.05) is 0 Å². The summed E-state index contributed by atoms with van der Waals surface area (Å²) in [4.78, 5) is 13.2. The van der Waals surface area contributed by atoms with E-state index in [1.165, 1.54) is 11.1 Å². The van der Waals surface area contributed by atoms with Crippen LogP contribution in [0.3, 0.4) is 0 Å². The normalized spacial score (nSPS) is 27.3. The van der Waals surface area contributed by atoms with Crippen LogP contribution in [0.2, 0.25) is 0 Å². The molecule has 1 aromatic rings. The zero-order valence-corrected chi connectivity index (χ0v) is 19.6. The summed E-state index contributed by atoms with van der Waals surface area (Å²) in [5.74, 6) is 0.430. The van der Waals surface area contributed by atoms with Crippen molar-refractivity contribution in [2.24, 2.45) is 20.8 Å². The van der Waals surface area contributed by atoms with E-state index < -0.39 is 21.5 Å². The maximum absolute atomic E-state index is 13.1. The first-order chi connectivity index (χ1) is 14.4. The number of aliphatic hydroxyl groups is 1. The van der Waals surface area contributed by atoms with Gasteiger partial charge in [-0.25, -0.2) is 14.1 Å². The van der Waals surface area contributed by atoms with E-state index in [1.54, 1.807) is 32.0 Å². The average Bonchev–Trinajstić information content (AvgIpc) is 3.26. The van der Waals surface area contributed by atoms with E-state index in [-0.39, 0.29) is 10.3 Å². The van der Waals surface area contributed by atoms with Crippen molar-refractivity contribution in [3.8, 4) is 0 Å². The third-order valence-electron chi connectivity index (χ3n) is 7.21. The van der Waals surface area contributed by atoms with Crippen LogP contribution in [0.1, 0.15) is 70.4 Å². The summed E-state index contributed by atoms with van der Waals surface area (Å²) in [5, 5.41) is 19.3. The number of amides is 2. The molecule has 168 valence electrons. The number of rotatable bonds is 3. The maximum atomic E-state index is 13.1. The molecule has 7 heteroatoms. The van der Waals surface area contributed by atoms with E-state index in [2.05, 4.69) is 22.7 Å². The molecule has 3 aliphatic carbocycles. The number of aryl methyl sites for hydroxylation is 1. The number of nitrogens with zero attached hydrogens (tertiary/aromatic N) is 1. The molecule has 6 nitrogen and oxygen atoms in total. The van der Waals surface area contributed by atoms with Gasteiger partial charge in [0, 0.05) is 11.1 Å². The molecule has 0 radical (unpaired) electrons. The van der Waals surface area contributed by atoms with Crippen LogP contribution in [0.5, 0.6) is 0 Å². The third-order valence-corrected chi connectivity index (χ3v) is 8.58. The lowest BCUT2D eigenvalue weighted by molar-refractivity contribution is 0.0778. The van der Waals surface area contributed by atoms with E-state index in [9.17, 15) is 14.1 Å². The van der Waals surface area contributed by atoms with Crippen molar-refractivity contribution >= 4 is 15.9 Å². The summed E-state index contributed by atoms with van der Waals surface area (Å²) in [7, 11) is -3.41. The van der Waals surface area contributed by atoms with Crippen LogP contribution in [0.25, 0.3) is 0 Å². The number of nitrogens with two attached hydrogens (primary N) is 1. The zero-order chi connectivity index (χ0) is 22.6. The lowest BCUT2D eigenvalue weighted by Crippen LogP contribution is -2.37. The molecule has 0 aromatic heterocycles. The Morgan fingerprint density at radius 2 is 2.06 bits per heavy atom. The molecule has 2 saturated carbocycles. The van der Waals surface area contributed by atoms with Crippen LogP contribution in [0, 0.1) is 18.3 Å². The lowest BCUT2D eigenvalue weighted by atomic mass is 9.70. The van der Waals surface area contributed by atoms with Gasteiger partial charge in [-0.05, 0) is 93.2 Å². The second-order valence-corrected chi connectivity index (χ2v) is 11.7. The molecule has 3 unspecified atom stereocenters.